The summed E-state index contributed by atoms with van der Waals surface area (Å²) in [7, 11) is 0. The molecule has 0 aliphatic rings. The maximum Gasteiger partial charge on any atom is 0.0934 e. The second-order valence-electron chi connectivity index (χ2n) is 9.63. The average Bonchev–Trinajstić information content (AvgIpc) is 3.58. The molecule has 0 N–H and O–H groups in total. The van der Waals surface area contributed by atoms with Gasteiger partial charge < -0.3 is 4.57 Å². The molecule has 3 nitrogen and oxygen atoms in total. The average molecular weight is 490 g/mol. The van der Waals surface area contributed by atoms with E-state index < -0.39 is 0 Å². The minimum Gasteiger partial charge on any atom is -0.309 e. The number of nitrogens with zero attached hydrogens (tertiary/aromatic N) is 3. The third-order valence-electron chi connectivity index (χ3n) is 7.35. The summed E-state index contributed by atoms with van der Waals surface area (Å²) in [6.45, 7) is 2.21. The highest BCUT2D eigenvalue weighted by atomic mass is 15.3. The van der Waals surface area contributed by atoms with E-state index >= 15 is 0 Å². The van der Waals surface area contributed by atoms with Crippen molar-refractivity contribution in [3.63, 3.8) is 0 Å². The minimum atomic E-state index is 0.961. The van der Waals surface area contributed by atoms with E-state index in [4.69, 9.17) is 5.10 Å². The third kappa shape index (κ3) is 3.72. The molecule has 2 heterocycles. The highest BCUT2D eigenvalue weighted by molar-refractivity contribution is 6.09. The summed E-state index contributed by atoms with van der Waals surface area (Å²) in [5.74, 6) is 0. The van der Waals surface area contributed by atoms with Gasteiger partial charge in [-0.15, -0.1) is 0 Å². The third-order valence-corrected chi connectivity index (χ3v) is 7.35. The van der Waals surface area contributed by atoms with E-state index in [1.54, 1.807) is 0 Å². The Kier molecular flexibility index (Phi) is 5.41. The van der Waals surface area contributed by atoms with Crippen LogP contribution in [0.2, 0.25) is 0 Å². The second kappa shape index (κ2) is 9.20. The largest absolute Gasteiger partial charge is 0.309 e. The van der Waals surface area contributed by atoms with Crippen LogP contribution in [0.15, 0.2) is 133 Å². The summed E-state index contributed by atoms with van der Waals surface area (Å²) < 4.78 is 4.42. The minimum absolute atomic E-state index is 0.961. The van der Waals surface area contributed by atoms with Crippen LogP contribution in [0.3, 0.4) is 0 Å². The SMILES string of the molecule is CCc1ccc2c(c1)c1ccccc1n2-c1ccc(-n2nc(-c3ccccc3)cc2-c2ccccc2)cc1. The molecule has 0 aliphatic carbocycles. The first-order valence-electron chi connectivity index (χ1n) is 13.1. The lowest BCUT2D eigenvalue weighted by Crippen LogP contribution is -2.00. The zero-order valence-corrected chi connectivity index (χ0v) is 21.3. The Morgan fingerprint density at radius 3 is 1.92 bits per heavy atom. The highest BCUT2D eigenvalue weighted by Gasteiger charge is 2.15. The lowest BCUT2D eigenvalue weighted by molar-refractivity contribution is 0.891. The van der Waals surface area contributed by atoms with Crippen molar-refractivity contribution >= 4 is 21.8 Å². The van der Waals surface area contributed by atoms with E-state index in [1.807, 2.05) is 12.1 Å². The van der Waals surface area contributed by atoms with Gasteiger partial charge in [-0.3, -0.25) is 0 Å². The standard InChI is InChI=1S/C35H27N3/c1-2-25-17-22-34-31(23-25)30-15-9-10-16-33(30)37(34)28-18-20-29(21-19-28)38-35(27-13-7-4-8-14-27)24-32(36-38)26-11-5-3-6-12-26/h3-24H,2H2,1H3. The molecule has 0 aliphatic heterocycles. The number of para-hydroxylation sites is 1. The Labute approximate surface area is 222 Å². The van der Waals surface area contributed by atoms with E-state index in [0.717, 1.165) is 40.3 Å². The second-order valence-corrected chi connectivity index (χ2v) is 9.63. The number of hydrogen-bond donors (Lipinski definition) is 0. The van der Waals surface area contributed by atoms with Crippen LogP contribution < -0.4 is 0 Å². The van der Waals surface area contributed by atoms with Crippen molar-refractivity contribution in [3.05, 3.63) is 139 Å². The van der Waals surface area contributed by atoms with Gasteiger partial charge in [-0.05, 0) is 60.5 Å². The van der Waals surface area contributed by atoms with Gasteiger partial charge in [0.25, 0.3) is 0 Å². The van der Waals surface area contributed by atoms with Crippen molar-refractivity contribution in [1.82, 2.24) is 14.3 Å². The van der Waals surface area contributed by atoms with Crippen LogP contribution in [0.4, 0.5) is 0 Å². The Bertz CT molecular complexity index is 1880. The quantitative estimate of drug-likeness (QED) is 0.237. The Morgan fingerprint density at radius 1 is 0.553 bits per heavy atom. The van der Waals surface area contributed by atoms with Gasteiger partial charge in [-0.25, -0.2) is 4.68 Å². The normalized spacial score (nSPS) is 11.4. The summed E-state index contributed by atoms with van der Waals surface area (Å²) in [6.07, 6.45) is 1.03. The van der Waals surface area contributed by atoms with Gasteiger partial charge in [0.1, 0.15) is 0 Å². The van der Waals surface area contributed by atoms with Gasteiger partial charge in [0.15, 0.2) is 0 Å². The zero-order valence-electron chi connectivity index (χ0n) is 21.3. The van der Waals surface area contributed by atoms with Crippen molar-refractivity contribution < 1.29 is 0 Å². The first-order valence-corrected chi connectivity index (χ1v) is 13.1. The topological polar surface area (TPSA) is 22.8 Å². The molecule has 2 aromatic heterocycles. The molecule has 0 fully saturated rings. The Morgan fingerprint density at radius 2 is 1.18 bits per heavy atom. The van der Waals surface area contributed by atoms with E-state index in [2.05, 4.69) is 137 Å². The molecule has 7 rings (SSSR count). The smallest absolute Gasteiger partial charge is 0.0934 e. The molecule has 0 amide bonds. The molecule has 3 heteroatoms. The van der Waals surface area contributed by atoms with E-state index in [1.165, 1.54) is 27.4 Å². The molecule has 0 unspecified atom stereocenters. The lowest BCUT2D eigenvalue weighted by atomic mass is 10.1. The van der Waals surface area contributed by atoms with Crippen LogP contribution >= 0.6 is 0 Å². The summed E-state index contributed by atoms with van der Waals surface area (Å²) in [5, 5.41) is 7.63. The molecule has 0 atom stereocenters. The maximum atomic E-state index is 5.05. The molecule has 0 bridgehead atoms. The van der Waals surface area contributed by atoms with Gasteiger partial charge in [0, 0.05) is 27.6 Å². The van der Waals surface area contributed by atoms with Crippen molar-refractivity contribution in [3.8, 4) is 33.9 Å². The monoisotopic (exact) mass is 489 g/mol. The lowest BCUT2D eigenvalue weighted by Gasteiger charge is -2.11. The van der Waals surface area contributed by atoms with Crippen molar-refractivity contribution in [1.29, 1.82) is 0 Å². The number of rotatable bonds is 5. The van der Waals surface area contributed by atoms with Crippen LogP contribution in [0.1, 0.15) is 12.5 Å². The predicted octanol–water partition coefficient (Wildman–Crippen LogP) is 8.87. The maximum absolute atomic E-state index is 5.05. The molecule has 182 valence electrons. The summed E-state index contributed by atoms with van der Waals surface area (Å²) >= 11 is 0. The molecular formula is C35H27N3. The van der Waals surface area contributed by atoms with E-state index in [0.29, 0.717) is 0 Å². The van der Waals surface area contributed by atoms with Gasteiger partial charge in [0.05, 0.1) is 28.1 Å². The van der Waals surface area contributed by atoms with Crippen LogP contribution in [-0.2, 0) is 6.42 Å². The van der Waals surface area contributed by atoms with Crippen LogP contribution in [0, 0.1) is 0 Å². The van der Waals surface area contributed by atoms with Crippen molar-refractivity contribution in [2.24, 2.45) is 0 Å². The fourth-order valence-electron chi connectivity index (χ4n) is 5.40. The van der Waals surface area contributed by atoms with E-state index in [-0.39, 0.29) is 0 Å². The van der Waals surface area contributed by atoms with Crippen LogP contribution in [-0.4, -0.2) is 14.3 Å². The molecule has 0 spiro atoms. The van der Waals surface area contributed by atoms with E-state index in [9.17, 15) is 0 Å². The predicted molar refractivity (Wildman–Crippen MR) is 158 cm³/mol. The number of hydrogen-bond acceptors (Lipinski definition) is 1. The molecule has 38 heavy (non-hydrogen) atoms. The van der Waals surface area contributed by atoms with Crippen LogP contribution in [0.25, 0.3) is 55.7 Å². The molecule has 0 radical (unpaired) electrons. The van der Waals surface area contributed by atoms with Gasteiger partial charge in [-0.1, -0.05) is 91.9 Å². The fraction of sp³-hybridized carbons (Fsp3) is 0.0571. The van der Waals surface area contributed by atoms with Gasteiger partial charge in [-0.2, -0.15) is 5.10 Å². The molecular weight excluding hydrogens is 462 g/mol. The highest BCUT2D eigenvalue weighted by Crippen LogP contribution is 2.34. The number of aryl methyl sites for hydroxylation is 1. The van der Waals surface area contributed by atoms with Crippen LogP contribution in [0.5, 0.6) is 0 Å². The first kappa shape index (κ1) is 22.3. The Hall–Kier alpha value is -4.89. The summed E-state index contributed by atoms with van der Waals surface area (Å²) in [5.41, 5.74) is 10.3. The molecule has 0 saturated carbocycles. The fourth-order valence-corrected chi connectivity index (χ4v) is 5.40. The Balaban J connectivity index is 1.37. The number of fused-ring (bicyclic) bond motifs is 3. The molecule has 7 aromatic rings. The first-order chi connectivity index (χ1) is 18.8. The molecule has 0 saturated heterocycles. The van der Waals surface area contributed by atoms with Crippen molar-refractivity contribution in [2.75, 3.05) is 0 Å². The number of benzene rings is 5. The summed E-state index contributed by atoms with van der Waals surface area (Å²) in [6, 6.07) is 47.3. The molecule has 5 aromatic carbocycles. The van der Waals surface area contributed by atoms with Gasteiger partial charge >= 0.3 is 0 Å². The summed E-state index contributed by atoms with van der Waals surface area (Å²) in [4.78, 5) is 0. The number of aromatic nitrogens is 3. The zero-order chi connectivity index (χ0) is 25.5. The van der Waals surface area contributed by atoms with Gasteiger partial charge in [0.2, 0.25) is 0 Å². The van der Waals surface area contributed by atoms with Crippen molar-refractivity contribution in [2.45, 2.75) is 13.3 Å².